The van der Waals surface area contributed by atoms with Gasteiger partial charge in [0.05, 0.1) is 22.7 Å². The van der Waals surface area contributed by atoms with Crippen LogP contribution in [0.2, 0.25) is 0 Å². The number of hydrogen-bond acceptors (Lipinski definition) is 3. The predicted molar refractivity (Wildman–Crippen MR) is 114 cm³/mol. The Balaban J connectivity index is 0.000000260. The van der Waals surface area contributed by atoms with Gasteiger partial charge in [0.1, 0.15) is 22.0 Å². The molecule has 0 aromatic carbocycles. The highest BCUT2D eigenvalue weighted by Crippen LogP contribution is 2.19. The third-order valence-corrected chi connectivity index (χ3v) is 6.92. The summed E-state index contributed by atoms with van der Waals surface area (Å²) in [6.45, 7) is 13.2. The number of nitrogens with zero attached hydrogens (tertiary/aromatic N) is 2. The summed E-state index contributed by atoms with van der Waals surface area (Å²) in [4.78, 5) is 0. The molecule has 0 radical (unpaired) electrons. The second kappa shape index (κ2) is 10.8. The summed E-state index contributed by atoms with van der Waals surface area (Å²) in [5.74, 6) is 0. The highest BCUT2D eigenvalue weighted by atomic mass is 32.2. The Kier molecular flexibility index (Phi) is 9.83. The third kappa shape index (κ3) is 9.51. The van der Waals surface area contributed by atoms with Gasteiger partial charge in [0.25, 0.3) is 0 Å². The standard InChI is InChI=1S/C10H19NOS.C9H17NO2S/c1-10(2,3)13(12)11-9-7-5-4-6-8-9;1-9(2,3)13(11)10-8-4-6-12-7-5-8/h4-8H2,1-3H3;4-7H2,1-3H3. The van der Waals surface area contributed by atoms with Crippen LogP contribution in [0, 0.1) is 0 Å². The van der Waals surface area contributed by atoms with Gasteiger partial charge >= 0.3 is 0 Å². The molecule has 1 aliphatic carbocycles. The topological polar surface area (TPSA) is 68.1 Å². The predicted octanol–water partition coefficient (Wildman–Crippen LogP) is 4.55. The zero-order valence-electron chi connectivity index (χ0n) is 17.3. The summed E-state index contributed by atoms with van der Waals surface area (Å²) in [6, 6.07) is 0. The molecule has 0 amide bonds. The summed E-state index contributed by atoms with van der Waals surface area (Å²) in [7, 11) is -2.15. The van der Waals surface area contributed by atoms with Crippen molar-refractivity contribution < 1.29 is 13.2 Å². The monoisotopic (exact) mass is 404 g/mol. The first-order chi connectivity index (χ1) is 12.0. The van der Waals surface area contributed by atoms with E-state index in [9.17, 15) is 8.42 Å². The van der Waals surface area contributed by atoms with Crippen LogP contribution in [0.4, 0.5) is 0 Å². The zero-order chi connectivity index (χ0) is 19.8. The fraction of sp³-hybridized carbons (Fsp3) is 0.895. The van der Waals surface area contributed by atoms with Crippen LogP contribution in [0.25, 0.3) is 0 Å². The quantitative estimate of drug-likeness (QED) is 0.678. The Morgan fingerprint density at radius 3 is 1.46 bits per heavy atom. The molecule has 152 valence electrons. The van der Waals surface area contributed by atoms with E-state index >= 15 is 0 Å². The first kappa shape index (κ1) is 23.6. The molecule has 5 nitrogen and oxygen atoms in total. The van der Waals surface area contributed by atoms with Gasteiger partial charge < -0.3 is 4.74 Å². The van der Waals surface area contributed by atoms with E-state index in [1.165, 1.54) is 25.0 Å². The van der Waals surface area contributed by atoms with Crippen molar-refractivity contribution in [2.24, 2.45) is 8.80 Å². The van der Waals surface area contributed by atoms with Gasteiger partial charge in [-0.05, 0) is 67.2 Å². The molecule has 2 fully saturated rings. The van der Waals surface area contributed by atoms with Crippen LogP contribution in [0.1, 0.15) is 86.5 Å². The van der Waals surface area contributed by atoms with Crippen molar-refractivity contribution in [1.82, 2.24) is 0 Å². The zero-order valence-corrected chi connectivity index (χ0v) is 18.9. The Bertz CT molecular complexity index is 492. The average Bonchev–Trinajstić information content (AvgIpc) is 2.55. The Morgan fingerprint density at radius 1 is 0.692 bits per heavy atom. The van der Waals surface area contributed by atoms with Crippen molar-refractivity contribution in [2.45, 2.75) is 96.0 Å². The molecule has 26 heavy (non-hydrogen) atoms. The highest BCUT2D eigenvalue weighted by Gasteiger charge is 2.21. The van der Waals surface area contributed by atoms with Crippen LogP contribution in [-0.4, -0.2) is 42.5 Å². The van der Waals surface area contributed by atoms with Crippen molar-refractivity contribution in [3.8, 4) is 0 Å². The van der Waals surface area contributed by atoms with Crippen LogP contribution in [0.3, 0.4) is 0 Å². The van der Waals surface area contributed by atoms with Gasteiger partial charge in [-0.25, -0.2) is 8.42 Å². The smallest absolute Gasteiger partial charge is 0.144 e. The molecule has 7 heteroatoms. The minimum Gasteiger partial charge on any atom is -0.381 e. The molecule has 0 aromatic heterocycles. The summed E-state index contributed by atoms with van der Waals surface area (Å²) >= 11 is 0. The lowest BCUT2D eigenvalue weighted by Gasteiger charge is -2.17. The molecular weight excluding hydrogens is 368 g/mol. The molecule has 0 aromatic rings. The largest absolute Gasteiger partial charge is 0.381 e. The third-order valence-electron chi connectivity index (χ3n) is 3.97. The SMILES string of the molecule is CC(C)(C)S(=O)N=C1CCCCC1.CC(C)(C)S(=O)N=C1CCOCC1. The molecule has 1 saturated heterocycles. The van der Waals surface area contributed by atoms with E-state index in [2.05, 4.69) is 8.80 Å². The van der Waals surface area contributed by atoms with Gasteiger partial charge in [-0.3, -0.25) is 0 Å². The minimum absolute atomic E-state index is 0.204. The molecule has 1 saturated carbocycles. The van der Waals surface area contributed by atoms with Crippen LogP contribution < -0.4 is 0 Å². The van der Waals surface area contributed by atoms with E-state index in [0.29, 0.717) is 0 Å². The lowest BCUT2D eigenvalue weighted by Crippen LogP contribution is -2.23. The lowest BCUT2D eigenvalue weighted by molar-refractivity contribution is 0.135. The Hall–Kier alpha value is -0.400. The molecule has 1 aliphatic heterocycles. The Morgan fingerprint density at radius 2 is 1.08 bits per heavy atom. The molecule has 2 rings (SSSR count). The van der Waals surface area contributed by atoms with Crippen molar-refractivity contribution in [1.29, 1.82) is 0 Å². The first-order valence-corrected chi connectivity index (χ1v) is 11.8. The second-order valence-corrected chi connectivity index (χ2v) is 12.5. The van der Waals surface area contributed by atoms with Gasteiger partial charge in [0.2, 0.25) is 0 Å². The molecular formula is C19H36N2O3S2. The molecule has 0 bridgehead atoms. The van der Waals surface area contributed by atoms with E-state index in [1.54, 1.807) is 0 Å². The molecule has 2 atom stereocenters. The van der Waals surface area contributed by atoms with E-state index in [0.717, 1.165) is 44.6 Å². The molecule has 1 heterocycles. The molecule has 0 spiro atoms. The van der Waals surface area contributed by atoms with Crippen LogP contribution in [0.5, 0.6) is 0 Å². The molecule has 0 N–H and O–H groups in total. The molecule has 2 unspecified atom stereocenters. The average molecular weight is 405 g/mol. The van der Waals surface area contributed by atoms with Crippen LogP contribution in [-0.2, 0) is 26.7 Å². The number of hydrogen-bond donors (Lipinski definition) is 0. The highest BCUT2D eigenvalue weighted by molar-refractivity contribution is 7.85. The van der Waals surface area contributed by atoms with E-state index < -0.39 is 22.0 Å². The number of ether oxygens (including phenoxy) is 1. The van der Waals surface area contributed by atoms with Gasteiger partial charge in [-0.2, -0.15) is 8.80 Å². The van der Waals surface area contributed by atoms with E-state index in [1.807, 2.05) is 41.5 Å². The van der Waals surface area contributed by atoms with E-state index in [4.69, 9.17) is 4.74 Å². The minimum atomic E-state index is -1.10. The van der Waals surface area contributed by atoms with Crippen molar-refractivity contribution in [3.05, 3.63) is 0 Å². The van der Waals surface area contributed by atoms with Gasteiger partial charge in [0.15, 0.2) is 0 Å². The summed E-state index contributed by atoms with van der Waals surface area (Å²) < 4.78 is 36.5. The summed E-state index contributed by atoms with van der Waals surface area (Å²) in [5, 5.41) is 0. The van der Waals surface area contributed by atoms with E-state index in [-0.39, 0.29) is 9.49 Å². The van der Waals surface area contributed by atoms with Gasteiger partial charge in [-0.15, -0.1) is 0 Å². The maximum atomic E-state index is 11.7. The maximum absolute atomic E-state index is 11.7. The first-order valence-electron chi connectivity index (χ1n) is 9.55. The van der Waals surface area contributed by atoms with Gasteiger partial charge in [-0.1, -0.05) is 6.42 Å². The fourth-order valence-electron chi connectivity index (χ4n) is 2.26. The van der Waals surface area contributed by atoms with Crippen LogP contribution in [0.15, 0.2) is 8.80 Å². The van der Waals surface area contributed by atoms with Crippen molar-refractivity contribution >= 4 is 33.4 Å². The second-order valence-electron chi connectivity index (χ2n) is 8.71. The Labute approximate surface area is 164 Å². The number of rotatable bonds is 2. The van der Waals surface area contributed by atoms with Crippen molar-refractivity contribution in [3.63, 3.8) is 0 Å². The molecule has 2 aliphatic rings. The van der Waals surface area contributed by atoms with Gasteiger partial charge in [0, 0.05) is 24.3 Å². The maximum Gasteiger partial charge on any atom is 0.144 e. The van der Waals surface area contributed by atoms with Crippen molar-refractivity contribution in [2.75, 3.05) is 13.2 Å². The van der Waals surface area contributed by atoms with Crippen LogP contribution >= 0.6 is 0 Å². The summed E-state index contributed by atoms with van der Waals surface area (Å²) in [5.41, 5.74) is 2.21. The summed E-state index contributed by atoms with van der Waals surface area (Å²) in [6.07, 6.45) is 7.54. The lowest BCUT2D eigenvalue weighted by atomic mass is 9.99. The normalized spacial score (nSPS) is 21.3. The fourth-order valence-corrected chi connectivity index (χ4v) is 3.64.